The second-order valence-electron chi connectivity index (χ2n) is 5.04. The van der Waals surface area contributed by atoms with E-state index in [9.17, 15) is 4.79 Å². The van der Waals surface area contributed by atoms with Crippen molar-refractivity contribution in [3.8, 4) is 5.75 Å². The van der Waals surface area contributed by atoms with Gasteiger partial charge in [0.15, 0.2) is 0 Å². The zero-order chi connectivity index (χ0) is 18.1. The van der Waals surface area contributed by atoms with Crippen molar-refractivity contribution < 1.29 is 23.7 Å². The summed E-state index contributed by atoms with van der Waals surface area (Å²) in [4.78, 5) is 11.9. The molecule has 0 amide bonds. The van der Waals surface area contributed by atoms with Crippen LogP contribution in [0.15, 0.2) is 36.1 Å². The molecule has 0 aromatic heterocycles. The Morgan fingerprint density at radius 1 is 1.21 bits per heavy atom. The summed E-state index contributed by atoms with van der Waals surface area (Å²) in [6, 6.07) is 5.45. The van der Waals surface area contributed by atoms with Crippen LogP contribution in [0, 0.1) is 5.92 Å². The molecule has 0 radical (unpaired) electrons. The van der Waals surface area contributed by atoms with Gasteiger partial charge in [-0.05, 0) is 17.7 Å². The van der Waals surface area contributed by atoms with Gasteiger partial charge in [0.05, 0.1) is 44.3 Å². The van der Waals surface area contributed by atoms with Gasteiger partial charge >= 0.3 is 5.97 Å². The Morgan fingerprint density at radius 2 is 1.92 bits per heavy atom. The predicted octanol–water partition coefficient (Wildman–Crippen LogP) is 3.72. The van der Waals surface area contributed by atoms with Gasteiger partial charge in [0.25, 0.3) is 0 Å². The van der Waals surface area contributed by atoms with Crippen LogP contribution in [0.2, 0.25) is 5.02 Å². The highest BCUT2D eigenvalue weighted by molar-refractivity contribution is 6.32. The molecule has 0 fully saturated rings. The van der Waals surface area contributed by atoms with Crippen LogP contribution < -0.4 is 4.74 Å². The van der Waals surface area contributed by atoms with E-state index in [0.717, 1.165) is 5.56 Å². The fourth-order valence-electron chi connectivity index (χ4n) is 2.20. The highest BCUT2D eigenvalue weighted by Crippen LogP contribution is 2.26. The van der Waals surface area contributed by atoms with E-state index in [2.05, 4.69) is 0 Å². The van der Waals surface area contributed by atoms with Crippen LogP contribution in [-0.4, -0.2) is 40.5 Å². The number of halogens is 1. The van der Waals surface area contributed by atoms with Crippen LogP contribution in [0.1, 0.15) is 12.5 Å². The Morgan fingerprint density at radius 3 is 2.46 bits per heavy atom. The second kappa shape index (κ2) is 10.0. The van der Waals surface area contributed by atoms with E-state index < -0.39 is 5.97 Å². The lowest BCUT2D eigenvalue weighted by atomic mass is 9.95. The summed E-state index contributed by atoms with van der Waals surface area (Å²) in [5.74, 6) is -0.115. The third-order valence-corrected chi connectivity index (χ3v) is 3.89. The fraction of sp³-hybridized carbons (Fsp3) is 0.389. The van der Waals surface area contributed by atoms with E-state index in [1.54, 1.807) is 20.3 Å². The van der Waals surface area contributed by atoms with Crippen molar-refractivity contribution in [2.45, 2.75) is 13.0 Å². The van der Waals surface area contributed by atoms with Crippen LogP contribution in [0.3, 0.4) is 0 Å². The van der Waals surface area contributed by atoms with Gasteiger partial charge in [0.2, 0.25) is 0 Å². The third-order valence-electron chi connectivity index (χ3n) is 3.57. The minimum absolute atomic E-state index is 0.257. The zero-order valence-corrected chi connectivity index (χ0v) is 15.3. The highest BCUT2D eigenvalue weighted by atomic mass is 35.5. The van der Waals surface area contributed by atoms with Crippen LogP contribution in [0.25, 0.3) is 6.08 Å². The maximum absolute atomic E-state index is 11.9. The van der Waals surface area contributed by atoms with Crippen molar-refractivity contribution in [2.24, 2.45) is 5.92 Å². The SMILES string of the molecule is COC=C(C(=O)OC)[C@H](C)[C@H](C=Cc1ccc(Cl)c(OC)c1)OC. The average molecular weight is 355 g/mol. The monoisotopic (exact) mass is 354 g/mol. The van der Waals surface area contributed by atoms with Crippen molar-refractivity contribution in [1.82, 2.24) is 0 Å². The van der Waals surface area contributed by atoms with E-state index in [0.29, 0.717) is 16.3 Å². The maximum atomic E-state index is 11.9. The molecule has 0 aliphatic carbocycles. The number of hydrogen-bond acceptors (Lipinski definition) is 5. The summed E-state index contributed by atoms with van der Waals surface area (Å²) in [6.07, 6.45) is 4.78. The molecular formula is C18H23ClO5. The molecule has 0 aliphatic rings. The first-order chi connectivity index (χ1) is 11.5. The number of carbonyl (C=O) groups excluding carboxylic acids is 1. The Kier molecular flexibility index (Phi) is 8.36. The molecule has 0 heterocycles. The van der Waals surface area contributed by atoms with Crippen molar-refractivity contribution in [3.63, 3.8) is 0 Å². The molecule has 0 saturated heterocycles. The Hall–Kier alpha value is -1.98. The van der Waals surface area contributed by atoms with Gasteiger partial charge in [-0.3, -0.25) is 0 Å². The molecule has 0 bridgehead atoms. The van der Waals surface area contributed by atoms with E-state index in [1.165, 1.54) is 20.5 Å². The Bertz CT molecular complexity index is 609. The highest BCUT2D eigenvalue weighted by Gasteiger charge is 2.25. The summed E-state index contributed by atoms with van der Waals surface area (Å²) in [7, 11) is 5.95. The summed E-state index contributed by atoms with van der Waals surface area (Å²) < 4.78 is 20.5. The lowest BCUT2D eigenvalue weighted by molar-refractivity contribution is -0.137. The van der Waals surface area contributed by atoms with E-state index in [4.69, 9.17) is 30.5 Å². The molecule has 0 unspecified atom stereocenters. The van der Waals surface area contributed by atoms with Crippen LogP contribution in [-0.2, 0) is 19.0 Å². The molecule has 0 spiro atoms. The number of carbonyl (C=O) groups is 1. The number of hydrogen-bond donors (Lipinski definition) is 0. The van der Waals surface area contributed by atoms with Gasteiger partial charge < -0.3 is 18.9 Å². The first kappa shape index (κ1) is 20.1. The van der Waals surface area contributed by atoms with Gasteiger partial charge in [-0.2, -0.15) is 0 Å². The summed E-state index contributed by atoms with van der Waals surface area (Å²) in [6.45, 7) is 1.86. The molecule has 24 heavy (non-hydrogen) atoms. The largest absolute Gasteiger partial charge is 0.504 e. The van der Waals surface area contributed by atoms with Gasteiger partial charge in [0, 0.05) is 13.0 Å². The van der Waals surface area contributed by atoms with Crippen molar-refractivity contribution >= 4 is 23.6 Å². The minimum Gasteiger partial charge on any atom is -0.504 e. The molecular weight excluding hydrogens is 332 g/mol. The van der Waals surface area contributed by atoms with Crippen LogP contribution in [0.5, 0.6) is 5.75 Å². The van der Waals surface area contributed by atoms with E-state index >= 15 is 0 Å². The molecule has 0 aliphatic heterocycles. The van der Waals surface area contributed by atoms with Crippen molar-refractivity contribution in [1.29, 1.82) is 0 Å². The number of ether oxygens (including phenoxy) is 4. The molecule has 0 saturated carbocycles. The Balaban J connectivity index is 3.00. The smallest absolute Gasteiger partial charge is 0.337 e. The summed E-state index contributed by atoms with van der Waals surface area (Å²) in [5, 5.41) is 0.544. The lowest BCUT2D eigenvalue weighted by Gasteiger charge is -2.21. The average Bonchev–Trinajstić information content (AvgIpc) is 2.60. The minimum atomic E-state index is -0.451. The molecule has 132 valence electrons. The van der Waals surface area contributed by atoms with Gasteiger partial charge in [-0.25, -0.2) is 4.79 Å². The zero-order valence-electron chi connectivity index (χ0n) is 14.5. The number of benzene rings is 1. The predicted molar refractivity (Wildman–Crippen MR) is 94.1 cm³/mol. The van der Waals surface area contributed by atoms with E-state index in [1.807, 2.05) is 31.2 Å². The molecule has 1 rings (SSSR count). The summed E-state index contributed by atoms with van der Waals surface area (Å²) in [5.41, 5.74) is 1.30. The van der Waals surface area contributed by atoms with Crippen LogP contribution in [0.4, 0.5) is 0 Å². The standard InChI is InChI=1S/C18H23ClO5/c1-12(14(11-21-2)18(20)24-5)16(22-3)9-7-13-6-8-15(19)17(10-13)23-4/h6-12,16H,1-5H3/t12-,16-/m0/s1. The molecule has 5 nitrogen and oxygen atoms in total. The number of methoxy groups -OCH3 is 4. The van der Waals surface area contributed by atoms with Gasteiger partial charge in [0.1, 0.15) is 5.75 Å². The van der Waals surface area contributed by atoms with Gasteiger partial charge in [-0.15, -0.1) is 0 Å². The first-order valence-electron chi connectivity index (χ1n) is 7.34. The second-order valence-corrected chi connectivity index (χ2v) is 5.45. The molecule has 2 atom stereocenters. The molecule has 6 heteroatoms. The number of rotatable bonds is 8. The van der Waals surface area contributed by atoms with E-state index in [-0.39, 0.29) is 12.0 Å². The molecule has 1 aromatic rings. The summed E-state index contributed by atoms with van der Waals surface area (Å²) >= 11 is 6.02. The van der Waals surface area contributed by atoms with Gasteiger partial charge in [-0.1, -0.05) is 36.7 Å². The topological polar surface area (TPSA) is 54.0 Å². The quantitative estimate of drug-likeness (QED) is 0.404. The third kappa shape index (κ3) is 5.28. The molecule has 0 N–H and O–H groups in total. The molecule has 1 aromatic carbocycles. The fourth-order valence-corrected chi connectivity index (χ4v) is 2.39. The maximum Gasteiger partial charge on any atom is 0.337 e. The lowest BCUT2D eigenvalue weighted by Crippen LogP contribution is -2.24. The number of esters is 1. The Labute approximate surface area is 147 Å². The van der Waals surface area contributed by atoms with Crippen molar-refractivity contribution in [2.75, 3.05) is 28.4 Å². The van der Waals surface area contributed by atoms with Crippen LogP contribution >= 0.6 is 11.6 Å². The normalized spacial score (nSPS) is 14.3. The first-order valence-corrected chi connectivity index (χ1v) is 7.72. The van der Waals surface area contributed by atoms with Crippen molar-refractivity contribution in [3.05, 3.63) is 46.7 Å².